The maximum absolute atomic E-state index is 13.9. The summed E-state index contributed by atoms with van der Waals surface area (Å²) in [4.78, 5) is 16.0. The van der Waals surface area contributed by atoms with Crippen molar-refractivity contribution in [1.29, 1.82) is 0 Å². The molecule has 1 fully saturated rings. The molecule has 110 valence electrons. The zero-order valence-corrected chi connectivity index (χ0v) is 12.3. The van der Waals surface area contributed by atoms with Crippen LogP contribution in [0.1, 0.15) is 18.5 Å². The van der Waals surface area contributed by atoms with Crippen LogP contribution < -0.4 is 5.32 Å². The van der Waals surface area contributed by atoms with Crippen LogP contribution in [0.5, 0.6) is 0 Å². The fourth-order valence-corrected chi connectivity index (χ4v) is 2.70. The van der Waals surface area contributed by atoms with Crippen LogP contribution in [0.2, 0.25) is 0 Å². The second-order valence-electron chi connectivity index (χ2n) is 5.39. The van der Waals surface area contributed by atoms with Crippen molar-refractivity contribution in [3.8, 4) is 0 Å². The minimum Gasteiger partial charge on any atom is -0.347 e. The van der Waals surface area contributed by atoms with E-state index in [2.05, 4.69) is 10.2 Å². The van der Waals surface area contributed by atoms with Crippen LogP contribution in [0.4, 0.5) is 4.39 Å². The Morgan fingerprint density at radius 1 is 1.45 bits per heavy atom. The summed E-state index contributed by atoms with van der Waals surface area (Å²) in [6, 6.07) is 6.42. The Labute approximate surface area is 119 Å². The number of piperazine rings is 1. The molecule has 1 saturated heterocycles. The molecule has 0 radical (unpaired) electrons. The van der Waals surface area contributed by atoms with E-state index >= 15 is 0 Å². The molecule has 2 atom stereocenters. The number of nitrogens with zero attached hydrogens (tertiary/aromatic N) is 2. The lowest BCUT2D eigenvalue weighted by molar-refractivity contribution is -0.136. The highest BCUT2D eigenvalue weighted by atomic mass is 19.1. The van der Waals surface area contributed by atoms with E-state index in [-0.39, 0.29) is 23.8 Å². The topological polar surface area (TPSA) is 35.6 Å². The third-order valence-corrected chi connectivity index (χ3v) is 3.86. The van der Waals surface area contributed by atoms with Crippen molar-refractivity contribution in [1.82, 2.24) is 15.1 Å². The average molecular weight is 279 g/mol. The molecule has 4 nitrogen and oxygen atoms in total. The van der Waals surface area contributed by atoms with Gasteiger partial charge < -0.3 is 10.2 Å². The van der Waals surface area contributed by atoms with Gasteiger partial charge in [0.1, 0.15) is 11.9 Å². The fraction of sp³-hybridized carbons (Fsp3) is 0.533. The van der Waals surface area contributed by atoms with Gasteiger partial charge in [0.2, 0.25) is 5.91 Å². The fourth-order valence-electron chi connectivity index (χ4n) is 2.70. The molecule has 20 heavy (non-hydrogen) atoms. The van der Waals surface area contributed by atoms with Crippen LogP contribution in [-0.4, -0.2) is 55.5 Å². The largest absolute Gasteiger partial charge is 0.347 e. The molecule has 1 aromatic carbocycles. The molecule has 2 unspecified atom stereocenters. The number of halogens is 1. The Morgan fingerprint density at radius 2 is 2.15 bits per heavy atom. The third kappa shape index (κ3) is 2.99. The van der Waals surface area contributed by atoms with Gasteiger partial charge in [-0.05, 0) is 13.0 Å². The third-order valence-electron chi connectivity index (χ3n) is 3.86. The molecule has 0 bridgehead atoms. The van der Waals surface area contributed by atoms with Gasteiger partial charge in [0.05, 0.1) is 0 Å². The summed E-state index contributed by atoms with van der Waals surface area (Å²) in [6.45, 7) is 4.12. The van der Waals surface area contributed by atoms with Gasteiger partial charge in [0.15, 0.2) is 0 Å². The van der Waals surface area contributed by atoms with Crippen LogP contribution in [0.3, 0.4) is 0 Å². The van der Waals surface area contributed by atoms with E-state index in [4.69, 9.17) is 0 Å². The van der Waals surface area contributed by atoms with Gasteiger partial charge >= 0.3 is 0 Å². The Balaban J connectivity index is 2.24. The van der Waals surface area contributed by atoms with E-state index < -0.39 is 0 Å². The Hall–Kier alpha value is -1.46. The van der Waals surface area contributed by atoms with Crippen molar-refractivity contribution in [3.63, 3.8) is 0 Å². The van der Waals surface area contributed by atoms with E-state index in [1.54, 1.807) is 31.1 Å². The van der Waals surface area contributed by atoms with Gasteiger partial charge in [-0.15, -0.1) is 0 Å². The number of hydrogen-bond donors (Lipinski definition) is 1. The van der Waals surface area contributed by atoms with Crippen molar-refractivity contribution in [2.75, 3.05) is 33.7 Å². The average Bonchev–Trinajstić information content (AvgIpc) is 2.46. The van der Waals surface area contributed by atoms with Crippen molar-refractivity contribution in [2.45, 2.75) is 19.0 Å². The SMILES string of the molecule is CC(c1ccccc1F)N1CCNCC1C(=O)N(C)C. The van der Waals surface area contributed by atoms with Crippen LogP contribution in [0, 0.1) is 5.82 Å². The number of carbonyl (C=O) groups is 1. The molecule has 0 saturated carbocycles. The van der Waals surface area contributed by atoms with Crippen LogP contribution in [-0.2, 0) is 4.79 Å². The van der Waals surface area contributed by atoms with Gasteiger partial charge in [-0.1, -0.05) is 18.2 Å². The molecule has 2 rings (SSSR count). The highest BCUT2D eigenvalue weighted by molar-refractivity contribution is 5.81. The maximum atomic E-state index is 13.9. The van der Waals surface area contributed by atoms with Gasteiger partial charge in [-0.2, -0.15) is 0 Å². The molecule has 0 aromatic heterocycles. The van der Waals surface area contributed by atoms with Crippen LogP contribution >= 0.6 is 0 Å². The smallest absolute Gasteiger partial charge is 0.240 e. The molecule has 5 heteroatoms. The lowest BCUT2D eigenvalue weighted by Gasteiger charge is -2.40. The van der Waals surface area contributed by atoms with E-state index in [1.807, 2.05) is 13.0 Å². The molecular weight excluding hydrogens is 257 g/mol. The summed E-state index contributed by atoms with van der Waals surface area (Å²) in [7, 11) is 3.51. The molecule has 1 N–H and O–H groups in total. The standard InChI is InChI=1S/C15H22FN3O/c1-11(12-6-4-5-7-13(12)16)19-9-8-17-10-14(19)15(20)18(2)3/h4-7,11,14,17H,8-10H2,1-3H3. The minimum absolute atomic E-state index is 0.0559. The summed E-state index contributed by atoms with van der Waals surface area (Å²) >= 11 is 0. The van der Waals surface area contributed by atoms with Gasteiger partial charge in [-0.3, -0.25) is 9.69 Å². The first kappa shape index (κ1) is 14.9. The first-order chi connectivity index (χ1) is 9.52. The summed E-state index contributed by atoms with van der Waals surface area (Å²) in [5.41, 5.74) is 0.644. The molecule has 0 aliphatic carbocycles. The molecule has 1 amide bonds. The summed E-state index contributed by atoms with van der Waals surface area (Å²) in [5, 5.41) is 3.24. The Morgan fingerprint density at radius 3 is 2.80 bits per heavy atom. The predicted octanol–water partition coefficient (Wildman–Crippen LogP) is 1.25. The van der Waals surface area contributed by atoms with Gasteiger partial charge in [0, 0.05) is 45.3 Å². The van der Waals surface area contributed by atoms with Gasteiger partial charge in [0.25, 0.3) is 0 Å². The molecule has 1 aliphatic heterocycles. The number of benzene rings is 1. The number of hydrogen-bond acceptors (Lipinski definition) is 3. The molecule has 1 aromatic rings. The highest BCUT2D eigenvalue weighted by Crippen LogP contribution is 2.25. The van der Waals surface area contributed by atoms with Crippen molar-refractivity contribution in [3.05, 3.63) is 35.6 Å². The van der Waals surface area contributed by atoms with E-state index in [9.17, 15) is 9.18 Å². The molecule has 1 aliphatic rings. The minimum atomic E-state index is -0.242. The monoisotopic (exact) mass is 279 g/mol. The predicted molar refractivity (Wildman–Crippen MR) is 76.9 cm³/mol. The summed E-state index contributed by atoms with van der Waals surface area (Å²) in [5.74, 6) is -0.157. The number of nitrogens with one attached hydrogen (secondary N) is 1. The first-order valence-electron chi connectivity index (χ1n) is 6.94. The molecular formula is C15H22FN3O. The van der Waals surface area contributed by atoms with Crippen LogP contribution in [0.25, 0.3) is 0 Å². The Kier molecular flexibility index (Phi) is 4.73. The second-order valence-corrected chi connectivity index (χ2v) is 5.39. The lowest BCUT2D eigenvalue weighted by Crippen LogP contribution is -2.58. The molecule has 0 spiro atoms. The normalized spacial score (nSPS) is 21.5. The molecule has 1 heterocycles. The summed E-state index contributed by atoms with van der Waals surface area (Å²) < 4.78 is 13.9. The second kappa shape index (κ2) is 6.33. The summed E-state index contributed by atoms with van der Waals surface area (Å²) in [6.07, 6.45) is 0. The van der Waals surface area contributed by atoms with E-state index in [0.717, 1.165) is 13.1 Å². The lowest BCUT2D eigenvalue weighted by atomic mass is 10.0. The number of carbonyl (C=O) groups excluding carboxylic acids is 1. The van der Waals surface area contributed by atoms with E-state index in [0.29, 0.717) is 12.1 Å². The Bertz CT molecular complexity index is 478. The van der Waals surface area contributed by atoms with Gasteiger partial charge in [-0.25, -0.2) is 4.39 Å². The highest BCUT2D eigenvalue weighted by Gasteiger charge is 2.33. The number of likely N-dealkylation sites (N-methyl/N-ethyl adjacent to an activating group) is 1. The van der Waals surface area contributed by atoms with Crippen LogP contribution in [0.15, 0.2) is 24.3 Å². The van der Waals surface area contributed by atoms with E-state index in [1.165, 1.54) is 6.07 Å². The van der Waals surface area contributed by atoms with Crippen molar-refractivity contribution < 1.29 is 9.18 Å². The quantitative estimate of drug-likeness (QED) is 0.904. The number of amides is 1. The zero-order valence-electron chi connectivity index (χ0n) is 12.3. The van der Waals surface area contributed by atoms with Crippen molar-refractivity contribution in [2.24, 2.45) is 0 Å². The van der Waals surface area contributed by atoms with Crippen molar-refractivity contribution >= 4 is 5.91 Å². The zero-order chi connectivity index (χ0) is 14.7. The number of rotatable bonds is 3. The maximum Gasteiger partial charge on any atom is 0.240 e. The first-order valence-corrected chi connectivity index (χ1v) is 6.94.